The Balaban J connectivity index is 1.48. The maximum absolute atomic E-state index is 13.8. The molecule has 0 saturated carbocycles. The van der Waals surface area contributed by atoms with E-state index in [1.165, 1.54) is 16.2 Å². The summed E-state index contributed by atoms with van der Waals surface area (Å²) in [5, 5.41) is 0.628. The molecule has 0 unspecified atom stereocenters. The Morgan fingerprint density at radius 2 is 1.91 bits per heavy atom. The number of benzene rings is 2. The normalized spacial score (nSPS) is 13.7. The van der Waals surface area contributed by atoms with Crippen LogP contribution in [0.4, 0.5) is 10.8 Å². The maximum Gasteiger partial charge on any atom is 0.260 e. The van der Waals surface area contributed by atoms with Crippen molar-refractivity contribution < 1.29 is 14.4 Å². The predicted molar refractivity (Wildman–Crippen MR) is 136 cm³/mol. The van der Waals surface area contributed by atoms with Crippen LogP contribution >= 0.6 is 11.3 Å². The van der Waals surface area contributed by atoms with Crippen LogP contribution in [0.25, 0.3) is 10.2 Å². The van der Waals surface area contributed by atoms with Gasteiger partial charge in [-0.25, -0.2) is 9.97 Å². The SMILES string of the molecule is Cc1cc(C)c2nc(N(CCCn3ccnc3)C(=O)c3cccc(N4C(=O)CCC4=O)c3)sc2c1. The molecule has 178 valence electrons. The van der Waals surface area contributed by atoms with Crippen molar-refractivity contribution in [3.05, 3.63) is 71.8 Å². The van der Waals surface area contributed by atoms with Gasteiger partial charge in [0, 0.05) is 43.9 Å². The molecule has 0 radical (unpaired) electrons. The van der Waals surface area contributed by atoms with Crippen LogP contribution in [0.2, 0.25) is 0 Å². The average Bonchev–Trinajstić information content (AvgIpc) is 3.57. The second-order valence-electron chi connectivity index (χ2n) is 8.71. The van der Waals surface area contributed by atoms with E-state index in [0.717, 1.165) is 21.3 Å². The van der Waals surface area contributed by atoms with Gasteiger partial charge in [0.25, 0.3) is 5.91 Å². The molecule has 5 rings (SSSR count). The number of imide groups is 1. The fourth-order valence-corrected chi connectivity index (χ4v) is 5.55. The highest BCUT2D eigenvalue weighted by Gasteiger charge is 2.31. The van der Waals surface area contributed by atoms with E-state index < -0.39 is 0 Å². The Morgan fingerprint density at radius 1 is 1.11 bits per heavy atom. The molecular weight excluding hydrogens is 462 g/mol. The average molecular weight is 488 g/mol. The van der Waals surface area contributed by atoms with Crippen molar-refractivity contribution in [1.82, 2.24) is 14.5 Å². The fourth-order valence-electron chi connectivity index (χ4n) is 4.39. The van der Waals surface area contributed by atoms with E-state index in [2.05, 4.69) is 17.1 Å². The summed E-state index contributed by atoms with van der Waals surface area (Å²) in [4.78, 5) is 50.0. The van der Waals surface area contributed by atoms with Crippen molar-refractivity contribution in [2.75, 3.05) is 16.3 Å². The molecule has 1 fully saturated rings. The molecule has 4 aromatic rings. The van der Waals surface area contributed by atoms with Crippen LogP contribution < -0.4 is 9.80 Å². The van der Waals surface area contributed by atoms with Gasteiger partial charge in [-0.2, -0.15) is 0 Å². The monoisotopic (exact) mass is 487 g/mol. The second-order valence-corrected chi connectivity index (χ2v) is 9.72. The highest BCUT2D eigenvalue weighted by atomic mass is 32.1. The summed E-state index contributed by atoms with van der Waals surface area (Å²) in [5.41, 5.74) is 3.95. The lowest BCUT2D eigenvalue weighted by Gasteiger charge is -2.21. The van der Waals surface area contributed by atoms with Gasteiger partial charge in [0.05, 0.1) is 22.2 Å². The Hall–Kier alpha value is -3.85. The van der Waals surface area contributed by atoms with Gasteiger partial charge in [0.1, 0.15) is 0 Å². The summed E-state index contributed by atoms with van der Waals surface area (Å²) in [6.45, 7) is 5.24. The molecule has 8 nitrogen and oxygen atoms in total. The Morgan fingerprint density at radius 3 is 2.66 bits per heavy atom. The number of nitrogens with zero attached hydrogens (tertiary/aromatic N) is 5. The number of thiazole rings is 1. The standard InChI is InChI=1S/C26H25N5O3S/c1-17-13-18(2)24-21(14-17)35-26(28-24)30(11-4-10-29-12-9-27-16-29)25(34)19-5-3-6-20(15-19)31-22(32)7-8-23(31)33/h3,5-6,9,12-16H,4,7-8,10-11H2,1-2H3. The summed E-state index contributed by atoms with van der Waals surface area (Å²) in [5.74, 6) is -0.701. The summed E-state index contributed by atoms with van der Waals surface area (Å²) in [7, 11) is 0. The van der Waals surface area contributed by atoms with Crippen molar-refractivity contribution in [2.45, 2.75) is 39.7 Å². The summed E-state index contributed by atoms with van der Waals surface area (Å²) < 4.78 is 3.01. The van der Waals surface area contributed by atoms with Crippen LogP contribution in [0.15, 0.2) is 55.1 Å². The molecule has 2 aromatic heterocycles. The zero-order chi connectivity index (χ0) is 24.5. The van der Waals surface area contributed by atoms with E-state index in [4.69, 9.17) is 4.98 Å². The molecule has 0 N–H and O–H groups in total. The van der Waals surface area contributed by atoms with E-state index in [1.807, 2.05) is 24.6 Å². The number of carbonyl (C=O) groups is 3. The molecule has 0 spiro atoms. The molecular formula is C26H25N5O3S. The number of hydrogen-bond acceptors (Lipinski definition) is 6. The van der Waals surface area contributed by atoms with E-state index in [0.29, 0.717) is 35.9 Å². The molecule has 0 aliphatic carbocycles. The van der Waals surface area contributed by atoms with Gasteiger partial charge in [0.15, 0.2) is 5.13 Å². The predicted octanol–water partition coefficient (Wildman–Crippen LogP) is 4.50. The largest absolute Gasteiger partial charge is 0.337 e. The van der Waals surface area contributed by atoms with Gasteiger partial charge >= 0.3 is 0 Å². The fraction of sp³-hybridized carbons (Fsp3) is 0.269. The lowest BCUT2D eigenvalue weighted by Crippen LogP contribution is -2.33. The lowest BCUT2D eigenvalue weighted by atomic mass is 10.1. The van der Waals surface area contributed by atoms with Crippen molar-refractivity contribution in [3.63, 3.8) is 0 Å². The number of rotatable bonds is 7. The number of anilines is 2. The number of aromatic nitrogens is 3. The third-order valence-electron chi connectivity index (χ3n) is 6.05. The van der Waals surface area contributed by atoms with Crippen LogP contribution in [0.1, 0.15) is 40.7 Å². The van der Waals surface area contributed by atoms with E-state index in [1.54, 1.807) is 41.7 Å². The first-order valence-corrected chi connectivity index (χ1v) is 12.3. The Kier molecular flexibility index (Phi) is 6.17. The van der Waals surface area contributed by atoms with Gasteiger partial charge in [-0.3, -0.25) is 24.2 Å². The van der Waals surface area contributed by atoms with Gasteiger partial charge in [-0.1, -0.05) is 23.5 Å². The third-order valence-corrected chi connectivity index (χ3v) is 7.08. The molecule has 0 bridgehead atoms. The van der Waals surface area contributed by atoms with Crippen molar-refractivity contribution in [1.29, 1.82) is 0 Å². The van der Waals surface area contributed by atoms with Crippen LogP contribution in [-0.2, 0) is 16.1 Å². The Bertz CT molecular complexity index is 1410. The van der Waals surface area contributed by atoms with Gasteiger partial charge in [-0.05, 0) is 55.7 Å². The molecule has 2 aromatic carbocycles. The van der Waals surface area contributed by atoms with E-state index in [-0.39, 0.29) is 30.6 Å². The summed E-state index contributed by atoms with van der Waals surface area (Å²) >= 11 is 1.49. The van der Waals surface area contributed by atoms with E-state index in [9.17, 15) is 14.4 Å². The number of amides is 3. The summed E-state index contributed by atoms with van der Waals surface area (Å²) in [6, 6.07) is 10.9. The minimum atomic E-state index is -0.242. The molecule has 1 aliphatic heterocycles. The quantitative estimate of drug-likeness (QED) is 0.358. The number of fused-ring (bicyclic) bond motifs is 1. The van der Waals surface area contributed by atoms with Gasteiger partial charge in [-0.15, -0.1) is 0 Å². The second kappa shape index (κ2) is 9.42. The molecule has 9 heteroatoms. The molecule has 3 amide bonds. The third kappa shape index (κ3) is 4.59. The van der Waals surface area contributed by atoms with Crippen molar-refractivity contribution in [2.24, 2.45) is 0 Å². The van der Waals surface area contributed by atoms with Crippen LogP contribution in [0.3, 0.4) is 0 Å². The number of carbonyl (C=O) groups excluding carboxylic acids is 3. The molecule has 1 saturated heterocycles. The van der Waals surface area contributed by atoms with Gasteiger partial charge in [0.2, 0.25) is 11.8 Å². The first-order valence-electron chi connectivity index (χ1n) is 11.5. The lowest BCUT2D eigenvalue weighted by molar-refractivity contribution is -0.121. The maximum atomic E-state index is 13.8. The smallest absolute Gasteiger partial charge is 0.260 e. The molecule has 3 heterocycles. The van der Waals surface area contributed by atoms with Crippen LogP contribution in [0.5, 0.6) is 0 Å². The first kappa shape index (κ1) is 22.9. The molecule has 1 aliphatic rings. The minimum Gasteiger partial charge on any atom is -0.337 e. The van der Waals surface area contributed by atoms with Crippen molar-refractivity contribution in [3.8, 4) is 0 Å². The molecule has 35 heavy (non-hydrogen) atoms. The van der Waals surface area contributed by atoms with E-state index >= 15 is 0 Å². The zero-order valence-electron chi connectivity index (χ0n) is 19.6. The zero-order valence-corrected chi connectivity index (χ0v) is 20.4. The van der Waals surface area contributed by atoms with Crippen molar-refractivity contribution >= 4 is 50.1 Å². The van der Waals surface area contributed by atoms with Gasteiger partial charge < -0.3 is 4.57 Å². The Labute approximate surface area is 206 Å². The molecule has 0 atom stereocenters. The number of hydrogen-bond donors (Lipinski definition) is 0. The number of imidazole rings is 1. The minimum absolute atomic E-state index is 0.196. The number of aryl methyl sites for hydroxylation is 3. The highest BCUT2D eigenvalue weighted by Crippen LogP contribution is 2.33. The topological polar surface area (TPSA) is 88.4 Å². The van der Waals surface area contributed by atoms with Crippen LogP contribution in [0, 0.1) is 13.8 Å². The first-order chi connectivity index (χ1) is 16.9. The highest BCUT2D eigenvalue weighted by molar-refractivity contribution is 7.22. The van der Waals surface area contributed by atoms with Crippen LogP contribution in [-0.4, -0.2) is 38.8 Å². The summed E-state index contributed by atoms with van der Waals surface area (Å²) in [6.07, 6.45) is 6.48.